The van der Waals surface area contributed by atoms with Gasteiger partial charge in [0.25, 0.3) is 0 Å². The molecule has 0 amide bonds. The molecule has 1 aliphatic rings. The highest BCUT2D eigenvalue weighted by Gasteiger charge is 2.17. The highest BCUT2D eigenvalue weighted by Crippen LogP contribution is 2.28. The first-order chi connectivity index (χ1) is 8.31. The van der Waals surface area contributed by atoms with E-state index >= 15 is 0 Å². The van der Waals surface area contributed by atoms with Gasteiger partial charge in [-0.05, 0) is 18.9 Å². The number of nitrogen functional groups attached to an aromatic ring is 1. The molecule has 0 unspecified atom stereocenters. The van der Waals surface area contributed by atoms with Crippen LogP contribution in [0.2, 0.25) is 0 Å². The van der Waals surface area contributed by atoms with Gasteiger partial charge in [0.05, 0.1) is 24.5 Å². The molecule has 0 atom stereocenters. The summed E-state index contributed by atoms with van der Waals surface area (Å²) in [6.45, 7) is 0.629. The van der Waals surface area contributed by atoms with Gasteiger partial charge < -0.3 is 5.73 Å². The Morgan fingerprint density at radius 1 is 1.35 bits per heavy atom. The summed E-state index contributed by atoms with van der Waals surface area (Å²) in [5, 5.41) is 12.2. The topological polar surface area (TPSA) is 74.5 Å². The van der Waals surface area contributed by atoms with E-state index < -0.39 is 0 Å². The first kappa shape index (κ1) is 10.3. The van der Waals surface area contributed by atoms with Gasteiger partial charge in [-0.1, -0.05) is 18.1 Å². The molecule has 2 aromatic heterocycles. The minimum atomic E-state index is 0.445. The number of nitrogens with two attached hydrogens (primary N) is 1. The molecule has 0 aromatic carbocycles. The third kappa shape index (κ3) is 2.15. The van der Waals surface area contributed by atoms with Crippen LogP contribution in [0.5, 0.6) is 0 Å². The maximum absolute atomic E-state index is 5.52. The largest absolute Gasteiger partial charge is 0.381 e. The molecule has 2 aromatic rings. The standard InChI is InChI=1S/C11H16N6/c12-11-8-16(15-13-11)7-9-5-6-17(14-9)10-3-1-2-4-10/h5-6,8,10H,1-4,7,12H2. The number of hydrogen-bond acceptors (Lipinski definition) is 4. The van der Waals surface area contributed by atoms with Crippen molar-refractivity contribution in [2.45, 2.75) is 38.3 Å². The van der Waals surface area contributed by atoms with Crippen molar-refractivity contribution in [2.75, 3.05) is 5.73 Å². The summed E-state index contributed by atoms with van der Waals surface area (Å²) in [6, 6.07) is 2.63. The molecule has 0 spiro atoms. The van der Waals surface area contributed by atoms with Gasteiger partial charge in [-0.3, -0.25) is 4.68 Å². The van der Waals surface area contributed by atoms with Crippen LogP contribution in [-0.4, -0.2) is 24.8 Å². The van der Waals surface area contributed by atoms with Crippen molar-refractivity contribution in [2.24, 2.45) is 0 Å². The van der Waals surface area contributed by atoms with Gasteiger partial charge >= 0.3 is 0 Å². The van der Waals surface area contributed by atoms with E-state index in [1.54, 1.807) is 10.9 Å². The second-order valence-electron chi connectivity index (χ2n) is 4.57. The van der Waals surface area contributed by atoms with Crippen molar-refractivity contribution in [1.82, 2.24) is 24.8 Å². The summed E-state index contributed by atoms with van der Waals surface area (Å²) >= 11 is 0. The lowest BCUT2D eigenvalue weighted by molar-refractivity contribution is 0.460. The van der Waals surface area contributed by atoms with E-state index in [9.17, 15) is 0 Å². The first-order valence-corrected chi connectivity index (χ1v) is 6.01. The molecular formula is C11H16N6. The second-order valence-corrected chi connectivity index (χ2v) is 4.57. The van der Waals surface area contributed by atoms with Gasteiger partial charge in [0.2, 0.25) is 0 Å². The molecule has 0 saturated heterocycles. The van der Waals surface area contributed by atoms with Gasteiger partial charge in [0.1, 0.15) is 0 Å². The quantitative estimate of drug-likeness (QED) is 0.863. The second kappa shape index (κ2) is 4.20. The van der Waals surface area contributed by atoms with Crippen LogP contribution in [0, 0.1) is 0 Å². The van der Waals surface area contributed by atoms with Crippen LogP contribution in [0.4, 0.5) is 5.82 Å². The normalized spacial score (nSPS) is 16.7. The van der Waals surface area contributed by atoms with Crippen LogP contribution < -0.4 is 5.73 Å². The molecule has 3 rings (SSSR count). The zero-order chi connectivity index (χ0) is 11.7. The van der Waals surface area contributed by atoms with Crippen molar-refractivity contribution in [3.63, 3.8) is 0 Å². The Bertz CT molecular complexity index is 494. The Morgan fingerprint density at radius 2 is 2.18 bits per heavy atom. The molecule has 0 bridgehead atoms. The summed E-state index contributed by atoms with van der Waals surface area (Å²) in [5.74, 6) is 0.445. The Kier molecular flexibility index (Phi) is 2.55. The molecule has 1 fully saturated rings. The first-order valence-electron chi connectivity index (χ1n) is 6.01. The fourth-order valence-electron chi connectivity index (χ4n) is 2.39. The third-order valence-corrected chi connectivity index (χ3v) is 3.24. The summed E-state index contributed by atoms with van der Waals surface area (Å²) in [5.41, 5.74) is 6.52. The zero-order valence-electron chi connectivity index (χ0n) is 9.66. The Labute approximate surface area is 99.4 Å². The Morgan fingerprint density at radius 3 is 2.88 bits per heavy atom. The van der Waals surface area contributed by atoms with Crippen molar-refractivity contribution < 1.29 is 0 Å². The smallest absolute Gasteiger partial charge is 0.165 e. The number of aromatic nitrogens is 5. The SMILES string of the molecule is Nc1cn(Cc2ccn(C3CCCC3)n2)nn1. The summed E-state index contributed by atoms with van der Waals surface area (Å²) in [4.78, 5) is 0. The van der Waals surface area contributed by atoms with E-state index in [4.69, 9.17) is 5.73 Å². The van der Waals surface area contributed by atoms with Gasteiger partial charge in [0, 0.05) is 6.20 Å². The maximum atomic E-state index is 5.52. The number of hydrogen-bond donors (Lipinski definition) is 1. The van der Waals surface area contributed by atoms with Crippen molar-refractivity contribution in [3.05, 3.63) is 24.2 Å². The van der Waals surface area contributed by atoms with Gasteiger partial charge in [0.15, 0.2) is 5.82 Å². The monoisotopic (exact) mass is 232 g/mol. The van der Waals surface area contributed by atoms with E-state index in [1.807, 2.05) is 6.07 Å². The van der Waals surface area contributed by atoms with Crippen LogP contribution in [-0.2, 0) is 6.54 Å². The highest BCUT2D eigenvalue weighted by molar-refractivity contribution is 5.20. The molecule has 2 N–H and O–H groups in total. The van der Waals surface area contributed by atoms with Gasteiger partial charge in [-0.15, -0.1) is 5.10 Å². The predicted octanol–water partition coefficient (Wildman–Crippen LogP) is 1.22. The molecule has 17 heavy (non-hydrogen) atoms. The molecule has 1 aliphatic carbocycles. The summed E-state index contributed by atoms with van der Waals surface area (Å²) in [7, 11) is 0. The fraction of sp³-hybridized carbons (Fsp3) is 0.545. The minimum absolute atomic E-state index is 0.445. The lowest BCUT2D eigenvalue weighted by Crippen LogP contribution is -2.07. The molecule has 90 valence electrons. The number of anilines is 1. The average Bonchev–Trinajstić information content (AvgIpc) is 3.00. The Hall–Kier alpha value is -1.85. The van der Waals surface area contributed by atoms with Crippen LogP contribution in [0.25, 0.3) is 0 Å². The lowest BCUT2D eigenvalue weighted by atomic mass is 10.3. The predicted molar refractivity (Wildman–Crippen MR) is 63.3 cm³/mol. The van der Waals surface area contributed by atoms with E-state index in [-0.39, 0.29) is 0 Å². The van der Waals surface area contributed by atoms with Crippen LogP contribution in [0.3, 0.4) is 0 Å². The van der Waals surface area contributed by atoms with E-state index in [2.05, 4.69) is 26.3 Å². The fourth-order valence-corrected chi connectivity index (χ4v) is 2.39. The van der Waals surface area contributed by atoms with Gasteiger partial charge in [-0.25, -0.2) is 4.68 Å². The number of rotatable bonds is 3. The molecule has 0 aliphatic heterocycles. The molecule has 0 radical (unpaired) electrons. The van der Waals surface area contributed by atoms with E-state index in [1.165, 1.54) is 25.7 Å². The number of nitrogens with zero attached hydrogens (tertiary/aromatic N) is 5. The molecule has 1 saturated carbocycles. The lowest BCUT2D eigenvalue weighted by Gasteiger charge is -2.08. The van der Waals surface area contributed by atoms with Crippen molar-refractivity contribution in [3.8, 4) is 0 Å². The molecule has 6 nitrogen and oxygen atoms in total. The minimum Gasteiger partial charge on any atom is -0.381 e. The average molecular weight is 232 g/mol. The highest BCUT2D eigenvalue weighted by atomic mass is 15.4. The maximum Gasteiger partial charge on any atom is 0.165 e. The van der Waals surface area contributed by atoms with Gasteiger partial charge in [-0.2, -0.15) is 5.10 Å². The van der Waals surface area contributed by atoms with Crippen molar-refractivity contribution >= 4 is 5.82 Å². The third-order valence-electron chi connectivity index (χ3n) is 3.24. The molecule has 6 heteroatoms. The van der Waals surface area contributed by atoms with E-state index in [0.29, 0.717) is 18.4 Å². The Balaban J connectivity index is 1.71. The summed E-state index contributed by atoms with van der Waals surface area (Å²) < 4.78 is 3.79. The van der Waals surface area contributed by atoms with E-state index in [0.717, 1.165) is 5.69 Å². The van der Waals surface area contributed by atoms with Crippen molar-refractivity contribution in [1.29, 1.82) is 0 Å². The molecule has 2 heterocycles. The zero-order valence-corrected chi connectivity index (χ0v) is 9.66. The van der Waals surface area contributed by atoms with Crippen LogP contribution in [0.1, 0.15) is 37.4 Å². The molecular weight excluding hydrogens is 216 g/mol. The summed E-state index contributed by atoms with van der Waals surface area (Å²) in [6.07, 6.45) is 8.91. The van der Waals surface area contributed by atoms with Crippen LogP contribution >= 0.6 is 0 Å². The van der Waals surface area contributed by atoms with Crippen LogP contribution in [0.15, 0.2) is 18.5 Å².